The summed E-state index contributed by atoms with van der Waals surface area (Å²) in [6.07, 6.45) is 0.222. The van der Waals surface area contributed by atoms with Crippen LogP contribution in [0.3, 0.4) is 0 Å². The van der Waals surface area contributed by atoms with E-state index in [9.17, 15) is 28.3 Å². The van der Waals surface area contributed by atoms with Crippen LogP contribution in [0.1, 0.15) is 18.2 Å². The van der Waals surface area contributed by atoms with Crippen molar-refractivity contribution in [1.29, 1.82) is 0 Å². The number of anilines is 1. The summed E-state index contributed by atoms with van der Waals surface area (Å²) in [5.41, 5.74) is 11.0. The molecule has 3 rings (SSSR count). The van der Waals surface area contributed by atoms with Crippen LogP contribution in [0.2, 0.25) is 0 Å². The molecule has 2 aromatic heterocycles. The molecular formula is C17H24N5O13P3. The summed E-state index contributed by atoms with van der Waals surface area (Å²) < 4.78 is 59.6. The van der Waals surface area contributed by atoms with Gasteiger partial charge >= 0.3 is 23.5 Å². The number of ether oxygens (including phenoxy) is 2. The minimum atomic E-state index is -5.70. The number of hydrogen-bond acceptors (Lipinski definition) is 12. The summed E-state index contributed by atoms with van der Waals surface area (Å²) in [4.78, 5) is 55.4. The van der Waals surface area contributed by atoms with Gasteiger partial charge in [-0.25, -0.2) is 13.7 Å². The molecule has 1 aliphatic heterocycles. The summed E-state index contributed by atoms with van der Waals surface area (Å²) in [6, 6.07) is 0. The lowest BCUT2D eigenvalue weighted by atomic mass is 10.2. The number of rotatable bonds is 11. The molecule has 9 N–H and O–H groups in total. The van der Waals surface area contributed by atoms with Crippen LogP contribution in [-0.4, -0.2) is 66.1 Å². The quantitative estimate of drug-likeness (QED) is 0.100. The standard InChI is InChI=1S/C17H24N5O13P3/c1-2-6-31-11-7-13(22-8-10(4-3-5-18)14-15(22)20-17(19)21-16(14)23)33-12(11)9-32-37(27,28)35-38(29,30)34-36(24,25)26/h2,8,11-13H,1,5-7,9,18H2,(H,27,28)(H,29,30)(H2,24,25,26)(H3,19,20,21,23)/t11-,12+,13+/m0/s1. The Labute approximate surface area is 214 Å². The molecule has 0 saturated carbocycles. The second-order valence-electron chi connectivity index (χ2n) is 7.52. The van der Waals surface area contributed by atoms with Crippen LogP contribution >= 0.6 is 23.5 Å². The number of fused-ring (bicyclic) bond motifs is 1. The predicted molar refractivity (Wildman–Crippen MR) is 129 cm³/mol. The van der Waals surface area contributed by atoms with E-state index in [4.69, 9.17) is 35.3 Å². The first kappa shape index (κ1) is 30.4. The molecule has 5 atom stereocenters. The average molecular weight is 599 g/mol. The van der Waals surface area contributed by atoms with Gasteiger partial charge in [0.25, 0.3) is 5.56 Å². The first-order valence-corrected chi connectivity index (χ1v) is 14.9. The van der Waals surface area contributed by atoms with Gasteiger partial charge in [-0.3, -0.25) is 14.3 Å². The molecule has 1 saturated heterocycles. The van der Waals surface area contributed by atoms with E-state index in [1.165, 1.54) is 16.8 Å². The summed E-state index contributed by atoms with van der Waals surface area (Å²) >= 11 is 0. The zero-order valence-corrected chi connectivity index (χ0v) is 22.0. The Kier molecular flexibility index (Phi) is 9.51. The van der Waals surface area contributed by atoms with Crippen LogP contribution in [0.5, 0.6) is 0 Å². The molecule has 2 aromatic rings. The molecule has 210 valence electrons. The van der Waals surface area contributed by atoms with Gasteiger partial charge < -0.3 is 45.1 Å². The molecular weight excluding hydrogens is 575 g/mol. The third kappa shape index (κ3) is 7.92. The van der Waals surface area contributed by atoms with E-state index in [0.29, 0.717) is 0 Å². The highest BCUT2D eigenvalue weighted by molar-refractivity contribution is 7.66. The van der Waals surface area contributed by atoms with Gasteiger partial charge in [-0.15, -0.1) is 6.58 Å². The number of H-pyrrole nitrogens is 1. The van der Waals surface area contributed by atoms with Gasteiger partial charge in [0.2, 0.25) is 5.95 Å². The normalized spacial score (nSPS) is 22.9. The maximum Gasteiger partial charge on any atom is 0.490 e. The zero-order chi connectivity index (χ0) is 28.3. The Morgan fingerprint density at radius 2 is 1.97 bits per heavy atom. The Balaban J connectivity index is 1.86. The van der Waals surface area contributed by atoms with Crippen LogP contribution < -0.4 is 17.0 Å². The van der Waals surface area contributed by atoms with Crippen molar-refractivity contribution in [3.05, 3.63) is 34.8 Å². The van der Waals surface area contributed by atoms with Crippen molar-refractivity contribution in [3.8, 4) is 11.8 Å². The molecule has 2 unspecified atom stereocenters. The van der Waals surface area contributed by atoms with Crippen molar-refractivity contribution in [2.75, 3.05) is 25.5 Å². The Morgan fingerprint density at radius 3 is 2.61 bits per heavy atom. The summed E-state index contributed by atoms with van der Waals surface area (Å²) in [5, 5.41) is 0.115. The first-order valence-electron chi connectivity index (χ1n) is 10.4. The lowest BCUT2D eigenvalue weighted by molar-refractivity contribution is -0.0549. The number of nitrogens with two attached hydrogens (primary N) is 2. The number of nitrogen functional groups attached to an aromatic ring is 1. The molecule has 1 fully saturated rings. The molecule has 0 spiro atoms. The van der Waals surface area contributed by atoms with Gasteiger partial charge in [-0.05, 0) is 0 Å². The van der Waals surface area contributed by atoms with Gasteiger partial charge in [0.1, 0.15) is 12.3 Å². The molecule has 0 bridgehead atoms. The van der Waals surface area contributed by atoms with Crippen molar-refractivity contribution in [3.63, 3.8) is 0 Å². The van der Waals surface area contributed by atoms with Gasteiger partial charge in [-0.1, -0.05) is 17.9 Å². The van der Waals surface area contributed by atoms with Crippen LogP contribution in [0.4, 0.5) is 5.95 Å². The van der Waals surface area contributed by atoms with Crippen LogP contribution in [-0.2, 0) is 36.3 Å². The average Bonchev–Trinajstić information content (AvgIpc) is 3.33. The van der Waals surface area contributed by atoms with E-state index >= 15 is 0 Å². The number of phosphoric acid groups is 3. The van der Waals surface area contributed by atoms with Gasteiger partial charge in [0, 0.05) is 12.6 Å². The van der Waals surface area contributed by atoms with Gasteiger partial charge in [0.15, 0.2) is 5.65 Å². The van der Waals surface area contributed by atoms with E-state index in [0.717, 1.165) is 0 Å². The number of nitrogens with one attached hydrogen (secondary N) is 1. The first-order chi connectivity index (χ1) is 17.6. The Morgan fingerprint density at radius 1 is 1.26 bits per heavy atom. The second-order valence-corrected chi connectivity index (χ2v) is 11.9. The number of phosphoric ester groups is 1. The molecule has 0 aromatic carbocycles. The highest BCUT2D eigenvalue weighted by Crippen LogP contribution is 2.66. The summed E-state index contributed by atoms with van der Waals surface area (Å²) in [7, 11) is -16.7. The van der Waals surface area contributed by atoms with Gasteiger partial charge in [0.05, 0.1) is 36.8 Å². The smallest absolute Gasteiger partial charge is 0.371 e. The van der Waals surface area contributed by atoms with Crippen LogP contribution in [0, 0.1) is 11.8 Å². The fourth-order valence-electron chi connectivity index (χ4n) is 3.49. The van der Waals surface area contributed by atoms with Crippen molar-refractivity contribution < 1.29 is 55.9 Å². The molecule has 18 nitrogen and oxygen atoms in total. The molecule has 1 aliphatic rings. The van der Waals surface area contributed by atoms with Crippen molar-refractivity contribution in [1.82, 2.24) is 14.5 Å². The Bertz CT molecular complexity index is 1460. The zero-order valence-electron chi connectivity index (χ0n) is 19.3. The lowest BCUT2D eigenvalue weighted by Crippen LogP contribution is -2.29. The van der Waals surface area contributed by atoms with E-state index in [1.807, 2.05) is 0 Å². The van der Waals surface area contributed by atoms with Crippen LogP contribution in [0.15, 0.2) is 23.6 Å². The number of hydrogen-bond donors (Lipinski definition) is 7. The fraction of sp³-hybridized carbons (Fsp3) is 0.412. The highest BCUT2D eigenvalue weighted by Gasteiger charge is 2.43. The second kappa shape index (κ2) is 11.9. The number of nitrogens with zero attached hydrogens (tertiary/aromatic N) is 2. The topological polar surface area (TPSA) is 281 Å². The van der Waals surface area contributed by atoms with Gasteiger partial charge in [-0.2, -0.15) is 13.6 Å². The molecule has 21 heteroatoms. The maximum atomic E-state index is 12.5. The van der Waals surface area contributed by atoms with E-state index in [1.54, 1.807) is 0 Å². The third-order valence-electron chi connectivity index (χ3n) is 4.76. The van der Waals surface area contributed by atoms with Crippen molar-refractivity contribution in [2.24, 2.45) is 5.73 Å². The summed E-state index contributed by atoms with van der Waals surface area (Å²) in [6.45, 7) is 2.85. The van der Waals surface area contributed by atoms with Crippen molar-refractivity contribution >= 4 is 40.4 Å². The molecule has 0 aliphatic carbocycles. The molecule has 0 radical (unpaired) electrons. The van der Waals surface area contributed by atoms with Crippen LogP contribution in [0.25, 0.3) is 11.0 Å². The Hall–Kier alpha value is -2.19. The van der Waals surface area contributed by atoms with E-state index in [-0.39, 0.29) is 42.1 Å². The van der Waals surface area contributed by atoms with Crippen molar-refractivity contribution in [2.45, 2.75) is 24.9 Å². The van der Waals surface area contributed by atoms with E-state index in [2.05, 4.69) is 37.0 Å². The number of aromatic amines is 1. The predicted octanol–water partition coefficient (Wildman–Crippen LogP) is -0.181. The monoisotopic (exact) mass is 599 g/mol. The highest BCUT2D eigenvalue weighted by atomic mass is 31.3. The minimum Gasteiger partial charge on any atom is -0.371 e. The number of aromatic nitrogens is 3. The molecule has 38 heavy (non-hydrogen) atoms. The fourth-order valence-corrected chi connectivity index (χ4v) is 6.52. The third-order valence-corrected chi connectivity index (χ3v) is 8.57. The largest absolute Gasteiger partial charge is 0.490 e. The molecule has 0 amide bonds. The van der Waals surface area contributed by atoms with E-state index < -0.39 is 54.1 Å². The lowest BCUT2D eigenvalue weighted by Gasteiger charge is -2.21. The summed E-state index contributed by atoms with van der Waals surface area (Å²) in [5.74, 6) is 5.23. The minimum absolute atomic E-state index is 0.0209. The SMILES string of the molecule is C=CCO[C@H]1C[C@H](n2cc(C#CCN)c3c(=O)[nH]c(N)nc32)O[C@@H]1COP(=O)(O)OP(=O)(O)OP(=O)(O)O. The maximum absolute atomic E-state index is 12.5. The molecule has 3 heterocycles.